The van der Waals surface area contributed by atoms with Gasteiger partial charge in [0.1, 0.15) is 17.3 Å². The highest BCUT2D eigenvalue weighted by molar-refractivity contribution is 5.59. The van der Waals surface area contributed by atoms with E-state index in [0.29, 0.717) is 24.1 Å². The molecule has 3 nitrogen and oxygen atoms in total. The quantitative estimate of drug-likeness (QED) is 0.886. The highest BCUT2D eigenvalue weighted by Gasteiger charge is 2.07. The van der Waals surface area contributed by atoms with Crippen molar-refractivity contribution in [1.29, 1.82) is 0 Å². The fraction of sp³-hybridized carbons (Fsp3) is 0.308. The molecule has 2 rings (SSSR count). The van der Waals surface area contributed by atoms with Crippen molar-refractivity contribution >= 4 is 0 Å². The van der Waals surface area contributed by atoms with E-state index in [2.05, 4.69) is 5.16 Å². The Kier molecular flexibility index (Phi) is 3.54. The summed E-state index contributed by atoms with van der Waals surface area (Å²) < 4.78 is 18.3. The Bertz CT molecular complexity index is 508. The van der Waals surface area contributed by atoms with Gasteiger partial charge in [-0.25, -0.2) is 4.39 Å². The molecule has 0 aliphatic carbocycles. The van der Waals surface area contributed by atoms with Gasteiger partial charge in [-0.1, -0.05) is 5.16 Å². The number of aromatic nitrogens is 1. The monoisotopic (exact) mass is 235 g/mol. The van der Waals surface area contributed by atoms with Gasteiger partial charge in [0.15, 0.2) is 0 Å². The molecule has 17 heavy (non-hydrogen) atoms. The molecule has 0 saturated carbocycles. The van der Waals surface area contributed by atoms with E-state index in [-0.39, 0.29) is 12.4 Å². The van der Waals surface area contributed by atoms with E-state index in [0.717, 1.165) is 11.3 Å². The fourth-order valence-electron chi connectivity index (χ4n) is 1.62. The molecular weight excluding hydrogens is 221 g/mol. The first kappa shape index (κ1) is 11.8. The van der Waals surface area contributed by atoms with Gasteiger partial charge < -0.3 is 9.63 Å². The number of halogens is 1. The zero-order valence-corrected chi connectivity index (χ0v) is 9.61. The number of benzene rings is 1. The summed E-state index contributed by atoms with van der Waals surface area (Å²) in [6.45, 7) is 1.84. The maximum Gasteiger partial charge on any atom is 0.137 e. The van der Waals surface area contributed by atoms with Crippen molar-refractivity contribution in [3.05, 3.63) is 41.4 Å². The maximum absolute atomic E-state index is 13.1. The van der Waals surface area contributed by atoms with Gasteiger partial charge in [-0.3, -0.25) is 0 Å². The minimum Gasteiger partial charge on any atom is -0.396 e. The van der Waals surface area contributed by atoms with Gasteiger partial charge in [-0.2, -0.15) is 0 Å². The van der Waals surface area contributed by atoms with Crippen LogP contribution in [0.5, 0.6) is 0 Å². The number of aliphatic hydroxyl groups is 1. The van der Waals surface area contributed by atoms with Crippen LogP contribution in [0.3, 0.4) is 0 Å². The van der Waals surface area contributed by atoms with E-state index >= 15 is 0 Å². The summed E-state index contributed by atoms with van der Waals surface area (Å²) in [4.78, 5) is 0. The van der Waals surface area contributed by atoms with Crippen LogP contribution in [0.1, 0.15) is 17.7 Å². The van der Waals surface area contributed by atoms with Crippen molar-refractivity contribution in [2.45, 2.75) is 19.8 Å². The van der Waals surface area contributed by atoms with Crippen LogP contribution in [0.15, 0.2) is 28.8 Å². The third-order valence-electron chi connectivity index (χ3n) is 2.59. The SMILES string of the molecule is Cc1cc(-c2cc(CCCO)on2)ccc1F. The minimum absolute atomic E-state index is 0.131. The maximum atomic E-state index is 13.1. The molecule has 0 bridgehead atoms. The lowest BCUT2D eigenvalue weighted by molar-refractivity contribution is 0.280. The van der Waals surface area contributed by atoms with Gasteiger partial charge >= 0.3 is 0 Å². The first-order chi connectivity index (χ1) is 8.20. The van der Waals surface area contributed by atoms with Crippen LogP contribution < -0.4 is 0 Å². The Balaban J connectivity index is 2.21. The first-order valence-electron chi connectivity index (χ1n) is 5.53. The smallest absolute Gasteiger partial charge is 0.137 e. The lowest BCUT2D eigenvalue weighted by Crippen LogP contribution is -1.86. The molecule has 0 amide bonds. The van der Waals surface area contributed by atoms with Crippen molar-refractivity contribution in [3.8, 4) is 11.3 Å². The number of rotatable bonds is 4. The van der Waals surface area contributed by atoms with Gasteiger partial charge in [0.2, 0.25) is 0 Å². The molecule has 0 saturated heterocycles. The Labute approximate surface area is 98.9 Å². The third kappa shape index (κ3) is 2.71. The molecule has 0 spiro atoms. The van der Waals surface area contributed by atoms with Gasteiger partial charge in [0.05, 0.1) is 0 Å². The Morgan fingerprint density at radius 1 is 1.35 bits per heavy atom. The fourth-order valence-corrected chi connectivity index (χ4v) is 1.62. The highest BCUT2D eigenvalue weighted by Crippen LogP contribution is 2.22. The Hall–Kier alpha value is -1.68. The molecule has 0 unspecified atom stereocenters. The average molecular weight is 235 g/mol. The zero-order valence-electron chi connectivity index (χ0n) is 9.61. The van der Waals surface area contributed by atoms with Crippen LogP contribution in [0.2, 0.25) is 0 Å². The number of nitrogens with zero attached hydrogens (tertiary/aromatic N) is 1. The summed E-state index contributed by atoms with van der Waals surface area (Å²) in [5.74, 6) is 0.508. The number of aryl methyl sites for hydroxylation is 2. The molecule has 4 heteroatoms. The third-order valence-corrected chi connectivity index (χ3v) is 2.59. The molecular formula is C13H14FNO2. The predicted octanol–water partition coefficient (Wildman–Crippen LogP) is 2.71. The molecule has 1 aromatic heterocycles. The van der Waals surface area contributed by atoms with Gasteiger partial charge in [-0.15, -0.1) is 0 Å². The second-order valence-electron chi connectivity index (χ2n) is 3.97. The van der Waals surface area contributed by atoms with E-state index in [9.17, 15) is 4.39 Å². The normalized spacial score (nSPS) is 10.8. The van der Waals surface area contributed by atoms with Crippen LogP contribution in [0.25, 0.3) is 11.3 Å². The van der Waals surface area contributed by atoms with Crippen molar-refractivity contribution in [2.24, 2.45) is 0 Å². The Morgan fingerprint density at radius 2 is 2.18 bits per heavy atom. The lowest BCUT2D eigenvalue weighted by atomic mass is 10.1. The average Bonchev–Trinajstić information content (AvgIpc) is 2.79. The number of aliphatic hydroxyl groups excluding tert-OH is 1. The van der Waals surface area contributed by atoms with Crippen LogP contribution in [0.4, 0.5) is 4.39 Å². The summed E-state index contributed by atoms with van der Waals surface area (Å²) in [6, 6.07) is 6.66. The molecule has 0 fully saturated rings. The van der Waals surface area contributed by atoms with Crippen LogP contribution in [-0.2, 0) is 6.42 Å². The molecule has 0 radical (unpaired) electrons. The van der Waals surface area contributed by atoms with Crippen LogP contribution in [0, 0.1) is 12.7 Å². The van der Waals surface area contributed by atoms with Crippen LogP contribution in [-0.4, -0.2) is 16.9 Å². The standard InChI is InChI=1S/C13H14FNO2/c1-9-7-10(4-5-12(9)14)13-8-11(17-15-13)3-2-6-16/h4-5,7-8,16H,2-3,6H2,1H3. The first-order valence-corrected chi connectivity index (χ1v) is 5.53. The molecule has 1 heterocycles. The lowest BCUT2D eigenvalue weighted by Gasteiger charge is -1.98. The molecule has 0 aliphatic heterocycles. The number of hydrogen-bond acceptors (Lipinski definition) is 3. The van der Waals surface area contributed by atoms with E-state index in [1.165, 1.54) is 6.07 Å². The molecule has 1 aromatic carbocycles. The van der Waals surface area contributed by atoms with Crippen LogP contribution >= 0.6 is 0 Å². The largest absolute Gasteiger partial charge is 0.396 e. The summed E-state index contributed by atoms with van der Waals surface area (Å²) in [7, 11) is 0. The van der Waals surface area contributed by atoms with E-state index in [4.69, 9.17) is 9.63 Å². The molecule has 0 aliphatic rings. The number of hydrogen-bond donors (Lipinski definition) is 1. The van der Waals surface area contributed by atoms with Gasteiger partial charge in [0.25, 0.3) is 0 Å². The molecule has 2 aromatic rings. The van der Waals surface area contributed by atoms with Crippen molar-refractivity contribution in [1.82, 2.24) is 5.16 Å². The van der Waals surface area contributed by atoms with E-state index < -0.39 is 0 Å². The summed E-state index contributed by atoms with van der Waals surface area (Å²) in [5, 5.41) is 12.6. The summed E-state index contributed by atoms with van der Waals surface area (Å²) >= 11 is 0. The van der Waals surface area contributed by atoms with Crippen molar-refractivity contribution in [2.75, 3.05) is 6.61 Å². The highest BCUT2D eigenvalue weighted by atomic mass is 19.1. The second kappa shape index (κ2) is 5.10. The zero-order chi connectivity index (χ0) is 12.3. The van der Waals surface area contributed by atoms with Gasteiger partial charge in [0, 0.05) is 24.7 Å². The second-order valence-corrected chi connectivity index (χ2v) is 3.97. The molecule has 1 N–H and O–H groups in total. The molecule has 0 atom stereocenters. The minimum atomic E-state index is -0.224. The summed E-state index contributed by atoms with van der Waals surface area (Å²) in [5.41, 5.74) is 2.12. The summed E-state index contributed by atoms with van der Waals surface area (Å²) in [6.07, 6.45) is 1.31. The van der Waals surface area contributed by atoms with E-state index in [1.807, 2.05) is 6.07 Å². The van der Waals surface area contributed by atoms with Gasteiger partial charge in [-0.05, 0) is 37.1 Å². The topological polar surface area (TPSA) is 46.3 Å². The van der Waals surface area contributed by atoms with Crippen molar-refractivity contribution in [3.63, 3.8) is 0 Å². The molecule has 90 valence electrons. The van der Waals surface area contributed by atoms with Crippen molar-refractivity contribution < 1.29 is 14.0 Å². The van der Waals surface area contributed by atoms with E-state index in [1.54, 1.807) is 19.1 Å². The predicted molar refractivity (Wildman–Crippen MR) is 62.0 cm³/mol. The Morgan fingerprint density at radius 3 is 2.88 bits per heavy atom.